The average molecular weight is 404 g/mol. The molecule has 0 heterocycles. The number of carbonyl (C=O) groups excluding carboxylic acids is 2. The van der Waals surface area contributed by atoms with Crippen molar-refractivity contribution in [2.45, 2.75) is 13.5 Å². The maximum Gasteiger partial charge on any atom is 0.255 e. The number of para-hydroxylation sites is 1. The summed E-state index contributed by atoms with van der Waals surface area (Å²) in [7, 11) is 3.13. The van der Waals surface area contributed by atoms with E-state index in [9.17, 15) is 9.59 Å². The first-order chi connectivity index (χ1) is 14.5. The molecule has 3 aromatic carbocycles. The molecular formula is C24H24N2O4. The minimum absolute atomic E-state index is 0.265. The van der Waals surface area contributed by atoms with Crippen molar-refractivity contribution < 1.29 is 19.1 Å². The number of methoxy groups -OCH3 is 2. The van der Waals surface area contributed by atoms with Crippen LogP contribution in [0.2, 0.25) is 0 Å². The highest BCUT2D eigenvalue weighted by atomic mass is 16.5. The lowest BCUT2D eigenvalue weighted by atomic mass is 10.1. The van der Waals surface area contributed by atoms with Crippen molar-refractivity contribution in [1.82, 2.24) is 5.32 Å². The van der Waals surface area contributed by atoms with Gasteiger partial charge in [0, 0.05) is 12.1 Å². The SMILES string of the molecule is COc1ccc(CNC(=O)c2ccccc2NC(=O)c2cccc(C)c2)cc1OC. The van der Waals surface area contributed by atoms with Gasteiger partial charge in [0.2, 0.25) is 0 Å². The molecule has 0 fully saturated rings. The highest BCUT2D eigenvalue weighted by molar-refractivity contribution is 6.09. The van der Waals surface area contributed by atoms with Gasteiger partial charge in [-0.05, 0) is 48.9 Å². The molecule has 154 valence electrons. The summed E-state index contributed by atoms with van der Waals surface area (Å²) in [5.41, 5.74) is 3.23. The number of hydrogen-bond donors (Lipinski definition) is 2. The van der Waals surface area contributed by atoms with Gasteiger partial charge in [-0.25, -0.2) is 0 Å². The summed E-state index contributed by atoms with van der Waals surface area (Å²) in [4.78, 5) is 25.4. The quantitative estimate of drug-likeness (QED) is 0.619. The molecule has 0 aromatic heterocycles. The zero-order chi connectivity index (χ0) is 21.5. The average Bonchev–Trinajstić information content (AvgIpc) is 2.77. The van der Waals surface area contributed by atoms with Gasteiger partial charge < -0.3 is 20.1 Å². The van der Waals surface area contributed by atoms with Crippen LogP contribution in [0.1, 0.15) is 31.8 Å². The third-order valence-electron chi connectivity index (χ3n) is 4.60. The van der Waals surface area contributed by atoms with Crippen LogP contribution in [0, 0.1) is 6.92 Å². The molecule has 0 unspecified atom stereocenters. The molecule has 0 saturated heterocycles. The molecule has 0 atom stereocenters. The molecule has 0 aliphatic carbocycles. The molecule has 2 N–H and O–H groups in total. The fourth-order valence-electron chi connectivity index (χ4n) is 3.04. The highest BCUT2D eigenvalue weighted by Gasteiger charge is 2.14. The van der Waals surface area contributed by atoms with Gasteiger partial charge in [-0.3, -0.25) is 9.59 Å². The van der Waals surface area contributed by atoms with Crippen molar-refractivity contribution in [3.05, 3.63) is 89.0 Å². The largest absolute Gasteiger partial charge is 0.493 e. The molecule has 0 radical (unpaired) electrons. The van der Waals surface area contributed by atoms with Crippen LogP contribution in [-0.4, -0.2) is 26.0 Å². The lowest BCUT2D eigenvalue weighted by Crippen LogP contribution is -2.25. The van der Waals surface area contributed by atoms with E-state index in [1.54, 1.807) is 56.7 Å². The first kappa shape index (κ1) is 20.9. The first-order valence-electron chi connectivity index (χ1n) is 9.48. The van der Waals surface area contributed by atoms with E-state index in [0.717, 1.165) is 11.1 Å². The summed E-state index contributed by atoms with van der Waals surface area (Å²) in [6, 6.07) is 19.7. The predicted octanol–water partition coefficient (Wildman–Crippen LogP) is 4.19. The molecule has 3 rings (SSSR count). The van der Waals surface area contributed by atoms with Crippen LogP contribution in [0.25, 0.3) is 0 Å². The topological polar surface area (TPSA) is 76.7 Å². The van der Waals surface area contributed by atoms with E-state index in [-0.39, 0.29) is 11.8 Å². The first-order valence-corrected chi connectivity index (χ1v) is 9.48. The molecule has 0 aliphatic heterocycles. The molecule has 2 amide bonds. The van der Waals surface area contributed by atoms with E-state index in [0.29, 0.717) is 34.9 Å². The maximum absolute atomic E-state index is 12.8. The van der Waals surface area contributed by atoms with Crippen LogP contribution >= 0.6 is 0 Å². The van der Waals surface area contributed by atoms with Crippen LogP contribution in [-0.2, 0) is 6.54 Å². The van der Waals surface area contributed by atoms with Gasteiger partial charge in [0.25, 0.3) is 11.8 Å². The van der Waals surface area contributed by atoms with Crippen molar-refractivity contribution in [1.29, 1.82) is 0 Å². The van der Waals surface area contributed by atoms with Crippen LogP contribution in [0.15, 0.2) is 66.7 Å². The standard InChI is InChI=1S/C24H24N2O4/c1-16-7-6-8-18(13-16)23(27)26-20-10-5-4-9-19(20)24(28)25-15-17-11-12-21(29-2)22(14-17)30-3/h4-14H,15H2,1-3H3,(H,25,28)(H,26,27). The number of benzene rings is 3. The summed E-state index contributed by atoms with van der Waals surface area (Å²) in [6.07, 6.45) is 0. The van der Waals surface area contributed by atoms with E-state index in [2.05, 4.69) is 10.6 Å². The fourth-order valence-corrected chi connectivity index (χ4v) is 3.04. The lowest BCUT2D eigenvalue weighted by molar-refractivity contribution is 0.0951. The van der Waals surface area contributed by atoms with Crippen LogP contribution in [0.4, 0.5) is 5.69 Å². The van der Waals surface area contributed by atoms with Crippen LogP contribution < -0.4 is 20.1 Å². The molecular weight excluding hydrogens is 380 g/mol. The third-order valence-corrected chi connectivity index (χ3v) is 4.60. The fraction of sp³-hybridized carbons (Fsp3) is 0.167. The number of anilines is 1. The molecule has 0 spiro atoms. The lowest BCUT2D eigenvalue weighted by Gasteiger charge is -2.13. The van der Waals surface area contributed by atoms with Crippen LogP contribution in [0.3, 0.4) is 0 Å². The second kappa shape index (κ2) is 9.60. The Morgan fingerprint density at radius 1 is 0.833 bits per heavy atom. The molecule has 3 aromatic rings. The van der Waals surface area contributed by atoms with Crippen molar-refractivity contribution in [3.63, 3.8) is 0 Å². The van der Waals surface area contributed by atoms with Gasteiger partial charge in [-0.1, -0.05) is 35.9 Å². The summed E-state index contributed by atoms with van der Waals surface area (Å²) in [5, 5.41) is 5.71. The number of ether oxygens (including phenoxy) is 2. The van der Waals surface area contributed by atoms with Crippen molar-refractivity contribution in [3.8, 4) is 11.5 Å². The second-order valence-electron chi connectivity index (χ2n) is 6.74. The van der Waals surface area contributed by atoms with Gasteiger partial charge in [-0.2, -0.15) is 0 Å². The zero-order valence-corrected chi connectivity index (χ0v) is 17.2. The normalized spacial score (nSPS) is 10.2. The van der Waals surface area contributed by atoms with E-state index >= 15 is 0 Å². The van der Waals surface area contributed by atoms with Crippen molar-refractivity contribution >= 4 is 17.5 Å². The minimum Gasteiger partial charge on any atom is -0.493 e. The Bertz CT molecular complexity index is 1060. The second-order valence-corrected chi connectivity index (χ2v) is 6.74. The van der Waals surface area contributed by atoms with Gasteiger partial charge in [0.1, 0.15) is 0 Å². The Morgan fingerprint density at radius 3 is 2.33 bits per heavy atom. The van der Waals surface area contributed by atoms with Crippen molar-refractivity contribution in [2.75, 3.05) is 19.5 Å². The zero-order valence-electron chi connectivity index (χ0n) is 17.2. The Balaban J connectivity index is 1.72. The Hall–Kier alpha value is -3.80. The maximum atomic E-state index is 12.8. The van der Waals surface area contributed by atoms with E-state index in [4.69, 9.17) is 9.47 Å². The number of aryl methyl sites for hydroxylation is 1. The Kier molecular flexibility index (Phi) is 6.70. The number of rotatable bonds is 7. The predicted molar refractivity (Wildman–Crippen MR) is 116 cm³/mol. The minimum atomic E-state index is -0.287. The van der Waals surface area contributed by atoms with E-state index in [1.807, 2.05) is 31.2 Å². The van der Waals surface area contributed by atoms with Crippen molar-refractivity contribution in [2.24, 2.45) is 0 Å². The van der Waals surface area contributed by atoms with Gasteiger partial charge in [0.15, 0.2) is 11.5 Å². The number of hydrogen-bond acceptors (Lipinski definition) is 4. The van der Waals surface area contributed by atoms with Gasteiger partial charge >= 0.3 is 0 Å². The third kappa shape index (κ3) is 4.97. The molecule has 0 bridgehead atoms. The van der Waals surface area contributed by atoms with E-state index < -0.39 is 0 Å². The number of amides is 2. The van der Waals surface area contributed by atoms with Gasteiger partial charge in [-0.15, -0.1) is 0 Å². The summed E-state index contributed by atoms with van der Waals surface area (Å²) >= 11 is 0. The number of carbonyl (C=O) groups is 2. The van der Waals surface area contributed by atoms with Crippen LogP contribution in [0.5, 0.6) is 11.5 Å². The molecule has 0 aliphatic rings. The highest BCUT2D eigenvalue weighted by Crippen LogP contribution is 2.27. The molecule has 0 saturated carbocycles. The monoisotopic (exact) mass is 404 g/mol. The summed E-state index contributed by atoms with van der Waals surface area (Å²) < 4.78 is 10.5. The van der Waals surface area contributed by atoms with E-state index in [1.165, 1.54) is 0 Å². The number of nitrogens with one attached hydrogen (secondary N) is 2. The Labute approximate surface area is 175 Å². The van der Waals surface area contributed by atoms with Gasteiger partial charge in [0.05, 0.1) is 25.5 Å². The Morgan fingerprint density at radius 2 is 1.60 bits per heavy atom. The summed E-state index contributed by atoms with van der Waals surface area (Å²) in [5.74, 6) is 0.663. The summed E-state index contributed by atoms with van der Waals surface area (Å²) in [6.45, 7) is 2.23. The molecule has 30 heavy (non-hydrogen) atoms. The molecule has 6 heteroatoms. The molecule has 6 nitrogen and oxygen atoms in total. The smallest absolute Gasteiger partial charge is 0.255 e.